The number of rotatable bonds is 3. The molecule has 0 spiro atoms. The lowest BCUT2D eigenvalue weighted by atomic mass is 10.1. The molecule has 0 atom stereocenters. The van der Waals surface area contributed by atoms with Crippen LogP contribution in [0.2, 0.25) is 0 Å². The Bertz CT molecular complexity index is 538. The largest absolute Gasteiger partial charge is 0.481 e. The molecule has 0 aliphatic rings. The topological polar surface area (TPSA) is 63.1 Å². The minimum absolute atomic E-state index is 0.0973. The van der Waals surface area contributed by atoms with Gasteiger partial charge in [-0.1, -0.05) is 18.2 Å². The zero-order chi connectivity index (χ0) is 11.5. The monoisotopic (exact) mass is 216 g/mol. The maximum absolute atomic E-state index is 10.5. The van der Waals surface area contributed by atoms with Crippen molar-refractivity contribution in [3.05, 3.63) is 35.8 Å². The van der Waals surface area contributed by atoms with Crippen molar-refractivity contribution in [2.45, 2.75) is 19.8 Å². The van der Waals surface area contributed by atoms with Gasteiger partial charge in [-0.05, 0) is 12.5 Å². The van der Waals surface area contributed by atoms with Crippen LogP contribution >= 0.6 is 0 Å². The van der Waals surface area contributed by atoms with Gasteiger partial charge in [-0.3, -0.25) is 4.79 Å². The van der Waals surface area contributed by atoms with Crippen LogP contribution in [0.25, 0.3) is 10.9 Å². The molecule has 0 unspecified atom stereocenters. The lowest BCUT2D eigenvalue weighted by molar-refractivity contribution is -0.136. The Balaban J connectivity index is 2.45. The molecule has 0 amide bonds. The van der Waals surface area contributed by atoms with Gasteiger partial charge in [0.05, 0.1) is 17.6 Å². The van der Waals surface area contributed by atoms with Gasteiger partial charge >= 0.3 is 5.97 Å². The number of hydrogen-bond donors (Lipinski definition) is 1. The van der Waals surface area contributed by atoms with E-state index in [0.717, 1.165) is 22.2 Å². The number of para-hydroxylation sites is 1. The molecular formula is C12H12N2O2. The fourth-order valence-electron chi connectivity index (χ4n) is 1.71. The second kappa shape index (κ2) is 4.26. The van der Waals surface area contributed by atoms with Crippen molar-refractivity contribution in [1.82, 2.24) is 9.97 Å². The van der Waals surface area contributed by atoms with Crippen molar-refractivity contribution in [3.8, 4) is 0 Å². The normalized spacial score (nSPS) is 10.6. The number of fused-ring (bicyclic) bond motifs is 1. The zero-order valence-electron chi connectivity index (χ0n) is 8.97. The van der Waals surface area contributed by atoms with Gasteiger partial charge in [0.15, 0.2) is 0 Å². The summed E-state index contributed by atoms with van der Waals surface area (Å²) in [6, 6.07) is 5.85. The number of carbonyl (C=O) groups is 1. The minimum Gasteiger partial charge on any atom is -0.481 e. The van der Waals surface area contributed by atoms with Gasteiger partial charge in [0.2, 0.25) is 0 Å². The van der Waals surface area contributed by atoms with Gasteiger partial charge in [-0.2, -0.15) is 0 Å². The number of aliphatic carboxylic acids is 1. The van der Waals surface area contributed by atoms with Crippen molar-refractivity contribution < 1.29 is 9.90 Å². The summed E-state index contributed by atoms with van der Waals surface area (Å²) in [6.07, 6.45) is 2.03. The van der Waals surface area contributed by atoms with Crippen LogP contribution in [0.3, 0.4) is 0 Å². The third-order valence-electron chi connectivity index (χ3n) is 2.52. The van der Waals surface area contributed by atoms with Crippen LogP contribution in [-0.2, 0) is 11.2 Å². The Morgan fingerprint density at radius 1 is 1.38 bits per heavy atom. The molecule has 2 rings (SSSR count). The molecule has 1 heterocycles. The predicted molar refractivity (Wildman–Crippen MR) is 60.2 cm³/mol. The molecule has 4 heteroatoms. The fraction of sp³-hybridized carbons (Fsp3) is 0.250. The molecule has 0 saturated carbocycles. The van der Waals surface area contributed by atoms with Crippen molar-refractivity contribution >= 4 is 16.9 Å². The van der Waals surface area contributed by atoms with Crippen LogP contribution in [0.4, 0.5) is 0 Å². The van der Waals surface area contributed by atoms with Crippen molar-refractivity contribution in [3.63, 3.8) is 0 Å². The molecule has 0 bridgehead atoms. The summed E-state index contributed by atoms with van der Waals surface area (Å²) in [4.78, 5) is 18.9. The molecule has 16 heavy (non-hydrogen) atoms. The standard InChI is InChI=1S/C12H12N2O2/c1-8-3-2-4-9-10(5-6-11(15)16)13-7-14-12(8)9/h2-4,7H,5-6H2,1H3,(H,15,16). The van der Waals surface area contributed by atoms with Gasteiger partial charge in [0, 0.05) is 11.8 Å². The first-order valence-electron chi connectivity index (χ1n) is 5.09. The summed E-state index contributed by atoms with van der Waals surface area (Å²) in [7, 11) is 0. The number of benzene rings is 1. The molecule has 0 fully saturated rings. The van der Waals surface area contributed by atoms with E-state index in [-0.39, 0.29) is 6.42 Å². The highest BCUT2D eigenvalue weighted by atomic mass is 16.4. The molecule has 4 nitrogen and oxygen atoms in total. The van der Waals surface area contributed by atoms with Gasteiger partial charge in [-0.15, -0.1) is 0 Å². The van der Waals surface area contributed by atoms with E-state index in [2.05, 4.69) is 9.97 Å². The Kier molecular flexibility index (Phi) is 2.81. The molecule has 0 radical (unpaired) electrons. The number of hydrogen-bond acceptors (Lipinski definition) is 3. The molecule has 0 aliphatic heterocycles. The number of carboxylic acids is 1. The Hall–Kier alpha value is -1.97. The van der Waals surface area contributed by atoms with Gasteiger partial charge in [0.25, 0.3) is 0 Å². The van der Waals surface area contributed by atoms with Crippen molar-refractivity contribution in [2.75, 3.05) is 0 Å². The average Bonchev–Trinajstić information content (AvgIpc) is 2.27. The highest BCUT2D eigenvalue weighted by Gasteiger charge is 2.06. The Labute approximate surface area is 93.0 Å². The first-order valence-corrected chi connectivity index (χ1v) is 5.09. The van der Waals surface area contributed by atoms with Crippen molar-refractivity contribution in [2.24, 2.45) is 0 Å². The van der Waals surface area contributed by atoms with E-state index in [4.69, 9.17) is 5.11 Å². The molecule has 1 N–H and O–H groups in total. The molecular weight excluding hydrogens is 204 g/mol. The number of carboxylic acid groups (broad SMARTS) is 1. The van der Waals surface area contributed by atoms with Crippen LogP contribution in [0.1, 0.15) is 17.7 Å². The third-order valence-corrected chi connectivity index (χ3v) is 2.52. The van der Waals surface area contributed by atoms with Crippen LogP contribution in [0, 0.1) is 6.92 Å². The van der Waals surface area contributed by atoms with E-state index in [0.29, 0.717) is 6.42 Å². The summed E-state index contributed by atoms with van der Waals surface area (Å²) in [5.41, 5.74) is 2.78. The van der Waals surface area contributed by atoms with Crippen LogP contribution in [0.5, 0.6) is 0 Å². The lowest BCUT2D eigenvalue weighted by Crippen LogP contribution is -2.01. The Morgan fingerprint density at radius 3 is 2.94 bits per heavy atom. The molecule has 0 aliphatic carbocycles. The second-order valence-electron chi connectivity index (χ2n) is 3.69. The smallest absolute Gasteiger partial charge is 0.303 e. The predicted octanol–water partition coefficient (Wildman–Crippen LogP) is 1.96. The van der Waals surface area contributed by atoms with Gasteiger partial charge in [0.1, 0.15) is 6.33 Å². The minimum atomic E-state index is -0.806. The fourth-order valence-corrected chi connectivity index (χ4v) is 1.71. The average molecular weight is 216 g/mol. The van der Waals surface area contributed by atoms with E-state index < -0.39 is 5.97 Å². The summed E-state index contributed by atoms with van der Waals surface area (Å²) in [5, 5.41) is 9.61. The van der Waals surface area contributed by atoms with Crippen molar-refractivity contribution in [1.29, 1.82) is 0 Å². The third kappa shape index (κ3) is 2.00. The van der Waals surface area contributed by atoms with Gasteiger partial charge in [-0.25, -0.2) is 9.97 Å². The van der Waals surface area contributed by atoms with Crippen LogP contribution < -0.4 is 0 Å². The molecule has 2 aromatic rings. The molecule has 1 aromatic heterocycles. The molecule has 82 valence electrons. The first-order chi connectivity index (χ1) is 7.68. The van der Waals surface area contributed by atoms with Crippen LogP contribution in [-0.4, -0.2) is 21.0 Å². The highest BCUT2D eigenvalue weighted by molar-refractivity contribution is 5.83. The SMILES string of the molecule is Cc1cccc2c(CCC(=O)O)ncnc12. The molecule has 1 aromatic carbocycles. The van der Waals surface area contributed by atoms with E-state index >= 15 is 0 Å². The van der Waals surface area contributed by atoms with E-state index in [1.807, 2.05) is 25.1 Å². The highest BCUT2D eigenvalue weighted by Crippen LogP contribution is 2.18. The lowest BCUT2D eigenvalue weighted by Gasteiger charge is -2.05. The Morgan fingerprint density at radius 2 is 2.19 bits per heavy atom. The summed E-state index contributed by atoms with van der Waals surface area (Å²) < 4.78 is 0. The summed E-state index contributed by atoms with van der Waals surface area (Å²) >= 11 is 0. The van der Waals surface area contributed by atoms with E-state index in [1.54, 1.807) is 0 Å². The van der Waals surface area contributed by atoms with Gasteiger partial charge < -0.3 is 5.11 Å². The number of nitrogens with zero attached hydrogens (tertiary/aromatic N) is 2. The quantitative estimate of drug-likeness (QED) is 0.851. The van der Waals surface area contributed by atoms with Crippen LogP contribution in [0.15, 0.2) is 24.5 Å². The first kappa shape index (κ1) is 10.5. The summed E-state index contributed by atoms with van der Waals surface area (Å²) in [6.45, 7) is 1.98. The van der Waals surface area contributed by atoms with E-state index in [1.165, 1.54) is 6.33 Å². The number of aryl methyl sites for hydroxylation is 2. The molecule has 0 saturated heterocycles. The summed E-state index contributed by atoms with van der Waals surface area (Å²) in [5.74, 6) is -0.806. The van der Waals surface area contributed by atoms with E-state index in [9.17, 15) is 4.79 Å². The maximum atomic E-state index is 10.5. The second-order valence-corrected chi connectivity index (χ2v) is 3.69. The number of aromatic nitrogens is 2. The zero-order valence-corrected chi connectivity index (χ0v) is 8.97. The maximum Gasteiger partial charge on any atom is 0.303 e.